The summed E-state index contributed by atoms with van der Waals surface area (Å²) in [6.45, 7) is 4.28. The molecule has 0 aromatic rings. The van der Waals surface area contributed by atoms with Gasteiger partial charge >= 0.3 is 0 Å². The molecule has 0 spiro atoms. The number of hydrogen-bond donors (Lipinski definition) is 1. The summed E-state index contributed by atoms with van der Waals surface area (Å²) in [6.07, 6.45) is 0.401. The summed E-state index contributed by atoms with van der Waals surface area (Å²) in [7, 11) is 0. The van der Waals surface area contributed by atoms with Crippen LogP contribution >= 0.6 is 11.6 Å². The van der Waals surface area contributed by atoms with Crippen LogP contribution in [0.1, 0.15) is 13.3 Å². The summed E-state index contributed by atoms with van der Waals surface area (Å²) in [5.41, 5.74) is 0.155. The van der Waals surface area contributed by atoms with Gasteiger partial charge in [-0.1, -0.05) is 6.92 Å². The Morgan fingerprint density at radius 3 is 2.75 bits per heavy atom. The number of amides is 1. The molecule has 0 unspecified atom stereocenters. The lowest BCUT2D eigenvalue weighted by Gasteiger charge is -2.38. The Hall–Kier alpha value is -0.280. The molecule has 1 amide bonds. The van der Waals surface area contributed by atoms with Crippen LogP contribution in [0.2, 0.25) is 0 Å². The average Bonchev–Trinajstić information content (AvgIpc) is 1.98. The lowest BCUT2D eigenvalue weighted by atomic mass is 9.89. The normalized spacial score (nSPS) is 19.8. The van der Waals surface area contributed by atoms with Crippen molar-refractivity contribution in [1.29, 1.82) is 0 Å². The number of alkyl halides is 1. The highest BCUT2D eigenvalue weighted by Crippen LogP contribution is 2.24. The van der Waals surface area contributed by atoms with Gasteiger partial charge in [0, 0.05) is 24.3 Å². The summed E-state index contributed by atoms with van der Waals surface area (Å²) in [5.74, 6) is 0.414. The molecule has 1 aliphatic heterocycles. The van der Waals surface area contributed by atoms with Crippen LogP contribution in [0.15, 0.2) is 0 Å². The molecule has 1 N–H and O–H groups in total. The van der Waals surface area contributed by atoms with Crippen molar-refractivity contribution in [2.45, 2.75) is 13.3 Å². The zero-order chi connectivity index (χ0) is 9.03. The van der Waals surface area contributed by atoms with E-state index in [1.165, 1.54) is 0 Å². The Balaban J connectivity index is 2.12. The van der Waals surface area contributed by atoms with E-state index in [9.17, 15) is 4.79 Å². The molecule has 12 heavy (non-hydrogen) atoms. The Kier molecular flexibility index (Phi) is 3.35. The molecule has 0 aromatic carbocycles. The van der Waals surface area contributed by atoms with Crippen LogP contribution in [0.5, 0.6) is 0 Å². The molecular weight excluding hydrogens is 178 g/mol. The highest BCUT2D eigenvalue weighted by molar-refractivity contribution is 6.18. The second-order valence-electron chi connectivity index (χ2n) is 3.52. The zero-order valence-electron chi connectivity index (χ0n) is 7.23. The van der Waals surface area contributed by atoms with Gasteiger partial charge in [0.2, 0.25) is 5.91 Å². The number of halogens is 1. The molecule has 1 saturated heterocycles. The number of hydrogen-bond acceptors (Lipinski definition) is 2. The van der Waals surface area contributed by atoms with Crippen LogP contribution in [-0.4, -0.2) is 31.5 Å². The number of rotatable bonds is 4. The van der Waals surface area contributed by atoms with Gasteiger partial charge in [-0.05, 0) is 0 Å². The minimum atomic E-state index is 0.0260. The molecule has 0 aliphatic carbocycles. The second-order valence-corrected chi connectivity index (χ2v) is 3.90. The third kappa shape index (κ3) is 2.64. The maximum atomic E-state index is 11.0. The topological polar surface area (TPSA) is 38.3 Å². The van der Waals surface area contributed by atoms with E-state index in [0.717, 1.165) is 13.2 Å². The van der Waals surface area contributed by atoms with Gasteiger partial charge in [0.05, 0.1) is 13.2 Å². The number of ether oxygens (including phenoxy) is 1. The Labute approximate surface area is 77.4 Å². The van der Waals surface area contributed by atoms with Crippen molar-refractivity contribution in [3.05, 3.63) is 0 Å². The third-order valence-electron chi connectivity index (χ3n) is 1.93. The van der Waals surface area contributed by atoms with Gasteiger partial charge in [-0.25, -0.2) is 0 Å². The summed E-state index contributed by atoms with van der Waals surface area (Å²) in [6, 6.07) is 0. The van der Waals surface area contributed by atoms with E-state index in [0.29, 0.717) is 18.8 Å². The van der Waals surface area contributed by atoms with Crippen LogP contribution in [0.3, 0.4) is 0 Å². The smallest absolute Gasteiger partial charge is 0.221 e. The van der Waals surface area contributed by atoms with Gasteiger partial charge in [-0.15, -0.1) is 11.6 Å². The largest absolute Gasteiger partial charge is 0.380 e. The molecule has 0 atom stereocenters. The van der Waals surface area contributed by atoms with Gasteiger partial charge in [-0.2, -0.15) is 0 Å². The highest BCUT2D eigenvalue weighted by atomic mass is 35.5. The van der Waals surface area contributed by atoms with Crippen molar-refractivity contribution in [3.63, 3.8) is 0 Å². The molecule has 0 radical (unpaired) electrons. The molecule has 0 bridgehead atoms. The molecule has 1 aliphatic rings. The fourth-order valence-corrected chi connectivity index (χ4v) is 1.21. The molecule has 1 heterocycles. The van der Waals surface area contributed by atoms with Crippen molar-refractivity contribution < 1.29 is 9.53 Å². The van der Waals surface area contributed by atoms with Gasteiger partial charge in [0.25, 0.3) is 0 Å². The van der Waals surface area contributed by atoms with E-state index in [-0.39, 0.29) is 11.3 Å². The lowest BCUT2D eigenvalue weighted by molar-refractivity contribution is -0.126. The van der Waals surface area contributed by atoms with E-state index in [1.54, 1.807) is 0 Å². The summed E-state index contributed by atoms with van der Waals surface area (Å²) in [4.78, 5) is 11.0. The van der Waals surface area contributed by atoms with E-state index in [1.807, 2.05) is 0 Å². The van der Waals surface area contributed by atoms with Crippen LogP contribution < -0.4 is 5.32 Å². The number of carbonyl (C=O) groups is 1. The van der Waals surface area contributed by atoms with Crippen molar-refractivity contribution in [1.82, 2.24) is 5.32 Å². The first-order valence-corrected chi connectivity index (χ1v) is 4.60. The van der Waals surface area contributed by atoms with E-state index in [2.05, 4.69) is 12.2 Å². The van der Waals surface area contributed by atoms with E-state index < -0.39 is 0 Å². The van der Waals surface area contributed by atoms with Crippen LogP contribution in [0, 0.1) is 5.41 Å². The average molecular weight is 192 g/mol. The lowest BCUT2D eigenvalue weighted by Crippen LogP contribution is -2.48. The second kappa shape index (κ2) is 4.10. The molecular formula is C8H14ClNO2. The zero-order valence-corrected chi connectivity index (χ0v) is 7.99. The van der Waals surface area contributed by atoms with Gasteiger partial charge in [0.15, 0.2) is 0 Å². The maximum Gasteiger partial charge on any atom is 0.221 e. The fourth-order valence-electron chi connectivity index (χ4n) is 1.04. The predicted molar refractivity (Wildman–Crippen MR) is 47.3 cm³/mol. The maximum absolute atomic E-state index is 11.0. The quantitative estimate of drug-likeness (QED) is 0.667. The number of nitrogens with one attached hydrogen (secondary N) is 1. The summed E-state index contributed by atoms with van der Waals surface area (Å²) < 4.78 is 5.05. The van der Waals surface area contributed by atoms with Crippen molar-refractivity contribution in [3.8, 4) is 0 Å². The molecule has 70 valence electrons. The van der Waals surface area contributed by atoms with Crippen molar-refractivity contribution in [2.24, 2.45) is 5.41 Å². The minimum absolute atomic E-state index is 0.0260. The minimum Gasteiger partial charge on any atom is -0.380 e. The Morgan fingerprint density at radius 1 is 1.67 bits per heavy atom. The van der Waals surface area contributed by atoms with E-state index >= 15 is 0 Å². The first-order chi connectivity index (χ1) is 5.66. The van der Waals surface area contributed by atoms with Gasteiger partial charge in [-0.3, -0.25) is 4.79 Å². The molecule has 3 nitrogen and oxygen atoms in total. The monoisotopic (exact) mass is 191 g/mol. The SMILES string of the molecule is CC1(CNC(=O)CCCl)COC1. The highest BCUT2D eigenvalue weighted by Gasteiger charge is 2.33. The Bertz CT molecular complexity index is 168. The summed E-state index contributed by atoms with van der Waals surface area (Å²) in [5, 5.41) is 2.82. The van der Waals surface area contributed by atoms with Crippen molar-refractivity contribution >= 4 is 17.5 Å². The molecule has 1 fully saturated rings. The number of carbonyl (C=O) groups excluding carboxylic acids is 1. The summed E-state index contributed by atoms with van der Waals surface area (Å²) >= 11 is 5.41. The first-order valence-electron chi connectivity index (χ1n) is 4.07. The third-order valence-corrected chi connectivity index (χ3v) is 2.12. The van der Waals surface area contributed by atoms with Crippen molar-refractivity contribution in [2.75, 3.05) is 25.6 Å². The molecule has 0 aromatic heterocycles. The Morgan fingerprint density at radius 2 is 2.33 bits per heavy atom. The standard InChI is InChI=1S/C8H14ClNO2/c1-8(5-12-6-8)4-10-7(11)2-3-9/h2-6H2,1H3,(H,10,11). The van der Waals surface area contributed by atoms with E-state index in [4.69, 9.17) is 16.3 Å². The molecule has 4 heteroatoms. The fraction of sp³-hybridized carbons (Fsp3) is 0.875. The predicted octanol–water partition coefficient (Wildman–Crippen LogP) is 0.768. The van der Waals surface area contributed by atoms with Gasteiger partial charge < -0.3 is 10.1 Å². The van der Waals surface area contributed by atoms with Crippen LogP contribution in [-0.2, 0) is 9.53 Å². The first kappa shape index (κ1) is 9.81. The van der Waals surface area contributed by atoms with Crippen LogP contribution in [0.25, 0.3) is 0 Å². The van der Waals surface area contributed by atoms with Crippen LogP contribution in [0.4, 0.5) is 0 Å². The molecule has 0 saturated carbocycles. The van der Waals surface area contributed by atoms with Gasteiger partial charge in [0.1, 0.15) is 0 Å². The molecule has 1 rings (SSSR count).